The van der Waals surface area contributed by atoms with E-state index < -0.39 is 0 Å². The standard InChI is InChI=1S/C22H27N5O3/c1-14-7-6-10-27-19(14)25-20-17(22(27)29)13-16(18(23)26(20)11-12-30-2)21(28)24-15-8-4-3-5-9-15/h6-7,10,13,15,23H,3-5,8-9,11-12H2,1-2H3,(H,24,28)/p+1. The van der Waals surface area contributed by atoms with Gasteiger partial charge in [0.05, 0.1) is 13.2 Å². The molecule has 0 atom stereocenters. The maximum Gasteiger partial charge on any atom is 0.278 e. The Hall–Kier alpha value is -3.00. The van der Waals surface area contributed by atoms with Crippen molar-refractivity contribution in [3.8, 4) is 0 Å². The van der Waals surface area contributed by atoms with Crippen LogP contribution in [-0.4, -0.2) is 35.1 Å². The number of anilines is 1. The number of rotatable bonds is 5. The van der Waals surface area contributed by atoms with Crippen LogP contribution < -0.4 is 21.2 Å². The molecule has 0 aromatic carbocycles. The molecule has 3 aromatic heterocycles. The number of hydrogen-bond donors (Lipinski definition) is 2. The van der Waals surface area contributed by atoms with Crippen LogP contribution in [0.1, 0.15) is 48.0 Å². The highest BCUT2D eigenvalue weighted by Crippen LogP contribution is 2.20. The molecule has 0 bridgehead atoms. The first kappa shape index (κ1) is 20.3. The van der Waals surface area contributed by atoms with E-state index in [1.54, 1.807) is 23.9 Å². The van der Waals surface area contributed by atoms with E-state index in [2.05, 4.69) is 5.32 Å². The molecule has 3 aromatic rings. The van der Waals surface area contributed by atoms with Gasteiger partial charge in [-0.1, -0.05) is 30.3 Å². The van der Waals surface area contributed by atoms with E-state index in [0.717, 1.165) is 31.2 Å². The molecule has 1 saturated carbocycles. The zero-order valence-electron chi connectivity index (χ0n) is 17.5. The molecular weight excluding hydrogens is 382 g/mol. The van der Waals surface area contributed by atoms with Crippen molar-refractivity contribution < 1.29 is 14.1 Å². The van der Waals surface area contributed by atoms with Gasteiger partial charge in [-0.3, -0.25) is 14.0 Å². The number of carbonyl (C=O) groups is 1. The number of pyridine rings is 2. The molecule has 3 heterocycles. The zero-order valence-corrected chi connectivity index (χ0v) is 17.5. The summed E-state index contributed by atoms with van der Waals surface area (Å²) in [5, 5.41) is 3.46. The summed E-state index contributed by atoms with van der Waals surface area (Å²) in [6, 6.07) is 5.44. The summed E-state index contributed by atoms with van der Waals surface area (Å²) >= 11 is 0. The van der Waals surface area contributed by atoms with Gasteiger partial charge in [0.2, 0.25) is 11.5 Å². The Labute approximate surface area is 174 Å². The number of carbonyl (C=O) groups excluding carboxylic acids is 1. The van der Waals surface area contributed by atoms with Crippen molar-refractivity contribution in [1.82, 2.24) is 14.7 Å². The van der Waals surface area contributed by atoms with Crippen molar-refractivity contribution in [3.63, 3.8) is 0 Å². The van der Waals surface area contributed by atoms with Gasteiger partial charge < -0.3 is 15.8 Å². The van der Waals surface area contributed by atoms with Crippen molar-refractivity contribution in [2.75, 3.05) is 19.5 Å². The van der Waals surface area contributed by atoms with E-state index >= 15 is 0 Å². The SMILES string of the molecule is COCC[n+]1c(N)c(C(=O)NC2CCCCC2)cc2c(=O)n3cccc(C)c3nc21. The second-order valence-corrected chi connectivity index (χ2v) is 7.94. The lowest BCUT2D eigenvalue weighted by atomic mass is 9.95. The Morgan fingerprint density at radius 1 is 1.37 bits per heavy atom. The van der Waals surface area contributed by atoms with E-state index in [1.165, 1.54) is 10.8 Å². The molecule has 1 aliphatic rings. The number of nitrogens with one attached hydrogen (secondary N) is 1. The predicted molar refractivity (Wildman–Crippen MR) is 115 cm³/mol. The lowest BCUT2D eigenvalue weighted by molar-refractivity contribution is -0.660. The van der Waals surface area contributed by atoms with Gasteiger partial charge >= 0.3 is 0 Å². The van der Waals surface area contributed by atoms with E-state index in [9.17, 15) is 9.59 Å². The van der Waals surface area contributed by atoms with Crippen LogP contribution in [0.5, 0.6) is 0 Å². The molecule has 0 radical (unpaired) electrons. The first-order chi connectivity index (χ1) is 14.5. The van der Waals surface area contributed by atoms with Gasteiger partial charge in [0.15, 0.2) is 0 Å². The van der Waals surface area contributed by atoms with Crippen LogP contribution in [0.3, 0.4) is 0 Å². The van der Waals surface area contributed by atoms with Crippen LogP contribution in [0.4, 0.5) is 5.82 Å². The minimum Gasteiger partial charge on any atom is -0.381 e. The van der Waals surface area contributed by atoms with Gasteiger partial charge in [0.1, 0.15) is 10.9 Å². The third-order valence-electron chi connectivity index (χ3n) is 5.88. The average Bonchev–Trinajstić information content (AvgIpc) is 2.74. The first-order valence-electron chi connectivity index (χ1n) is 10.4. The van der Waals surface area contributed by atoms with Gasteiger partial charge in [0.25, 0.3) is 17.1 Å². The van der Waals surface area contributed by atoms with E-state index in [1.807, 2.05) is 19.1 Å². The molecule has 8 nitrogen and oxygen atoms in total. The molecule has 3 N–H and O–H groups in total. The lowest BCUT2D eigenvalue weighted by Crippen LogP contribution is -2.45. The van der Waals surface area contributed by atoms with Crippen molar-refractivity contribution in [1.29, 1.82) is 0 Å². The fourth-order valence-electron chi connectivity index (χ4n) is 4.21. The predicted octanol–water partition coefficient (Wildman–Crippen LogP) is 1.73. The number of aromatic nitrogens is 3. The second kappa shape index (κ2) is 8.39. The monoisotopic (exact) mass is 410 g/mol. The maximum atomic E-state index is 13.2. The van der Waals surface area contributed by atoms with E-state index in [-0.39, 0.29) is 23.3 Å². The number of methoxy groups -OCH3 is 1. The molecule has 4 rings (SSSR count). The number of nitrogens with two attached hydrogens (primary N) is 1. The number of nitrogen functional groups attached to an aromatic ring is 1. The van der Waals surface area contributed by atoms with Crippen LogP contribution in [0.15, 0.2) is 29.2 Å². The Bertz CT molecular complexity index is 1170. The van der Waals surface area contributed by atoms with Crippen LogP contribution in [-0.2, 0) is 11.3 Å². The third-order valence-corrected chi connectivity index (χ3v) is 5.88. The number of ether oxygens (including phenoxy) is 1. The van der Waals surface area contributed by atoms with Crippen LogP contribution >= 0.6 is 0 Å². The summed E-state index contributed by atoms with van der Waals surface area (Å²) in [5.41, 5.74) is 8.41. The number of aryl methyl sites for hydroxylation is 1. The van der Waals surface area contributed by atoms with E-state index in [4.69, 9.17) is 15.5 Å². The summed E-state index contributed by atoms with van der Waals surface area (Å²) in [6.07, 6.45) is 7.06. The topological polar surface area (TPSA) is 103 Å². The molecule has 0 saturated heterocycles. The van der Waals surface area contributed by atoms with Gasteiger partial charge in [0, 0.05) is 24.9 Å². The summed E-state index contributed by atoms with van der Waals surface area (Å²) < 4.78 is 8.45. The Morgan fingerprint density at radius 3 is 2.87 bits per heavy atom. The number of nitrogens with zero attached hydrogens (tertiary/aromatic N) is 3. The second-order valence-electron chi connectivity index (χ2n) is 7.94. The number of hydrogen-bond acceptors (Lipinski definition) is 5. The van der Waals surface area contributed by atoms with Gasteiger partial charge in [-0.25, -0.2) is 4.57 Å². The molecule has 0 aliphatic heterocycles. The van der Waals surface area contributed by atoms with E-state index in [0.29, 0.717) is 35.4 Å². The Morgan fingerprint density at radius 2 is 2.13 bits per heavy atom. The Kier molecular flexibility index (Phi) is 5.67. The highest BCUT2D eigenvalue weighted by atomic mass is 16.5. The Balaban J connectivity index is 1.89. The molecule has 1 fully saturated rings. The summed E-state index contributed by atoms with van der Waals surface area (Å²) in [7, 11) is 1.60. The molecule has 30 heavy (non-hydrogen) atoms. The van der Waals surface area contributed by atoms with Gasteiger partial charge in [-0.2, -0.15) is 0 Å². The fourth-order valence-corrected chi connectivity index (χ4v) is 4.21. The van der Waals surface area contributed by atoms with Crippen molar-refractivity contribution >= 4 is 28.4 Å². The van der Waals surface area contributed by atoms with Crippen molar-refractivity contribution in [2.45, 2.75) is 51.6 Å². The minimum atomic E-state index is -0.249. The van der Waals surface area contributed by atoms with Crippen LogP contribution in [0.2, 0.25) is 0 Å². The highest BCUT2D eigenvalue weighted by molar-refractivity contribution is 6.00. The van der Waals surface area contributed by atoms with Gasteiger partial charge in [-0.15, -0.1) is 0 Å². The summed E-state index contributed by atoms with van der Waals surface area (Å²) in [6.45, 7) is 2.67. The molecule has 1 amide bonds. The largest absolute Gasteiger partial charge is 0.381 e. The number of fused-ring (bicyclic) bond motifs is 2. The molecular formula is C22H28N5O3+. The van der Waals surface area contributed by atoms with Gasteiger partial charge in [-0.05, 0) is 31.9 Å². The van der Waals surface area contributed by atoms with Crippen LogP contribution in [0, 0.1) is 6.92 Å². The molecule has 0 unspecified atom stereocenters. The smallest absolute Gasteiger partial charge is 0.278 e. The maximum absolute atomic E-state index is 13.2. The zero-order chi connectivity index (χ0) is 21.3. The molecule has 1 aliphatic carbocycles. The fraction of sp³-hybridized carbons (Fsp3) is 0.455. The first-order valence-corrected chi connectivity index (χ1v) is 10.4. The van der Waals surface area contributed by atoms with Crippen molar-refractivity contribution in [2.24, 2.45) is 0 Å². The minimum absolute atomic E-state index is 0.146. The summed E-state index contributed by atoms with van der Waals surface area (Å²) in [4.78, 5) is 31.0. The average molecular weight is 410 g/mol. The quantitative estimate of drug-likeness (QED) is 0.493. The lowest BCUT2D eigenvalue weighted by Gasteiger charge is -2.23. The number of amides is 1. The van der Waals surface area contributed by atoms with Crippen molar-refractivity contribution in [3.05, 3.63) is 45.9 Å². The van der Waals surface area contributed by atoms with Crippen LogP contribution in [0.25, 0.3) is 16.7 Å². The molecule has 8 heteroatoms. The molecule has 0 spiro atoms. The third kappa shape index (κ3) is 3.63. The molecule has 158 valence electrons. The normalized spacial score (nSPS) is 15.0. The summed E-state index contributed by atoms with van der Waals surface area (Å²) in [5.74, 6) is 0.0406. The highest BCUT2D eigenvalue weighted by Gasteiger charge is 2.26.